The zero-order chi connectivity index (χ0) is 10.7. The molecule has 1 aromatic heterocycles. The first-order valence-corrected chi connectivity index (χ1v) is 5.55. The minimum Gasteiger partial charge on any atom is -0.352 e. The monoisotopic (exact) mass is 204 g/mol. The molecule has 0 aromatic carbocycles. The number of nitrogens with one attached hydrogen (secondary N) is 1. The molecule has 0 saturated heterocycles. The van der Waals surface area contributed by atoms with E-state index in [1.165, 1.54) is 12.8 Å². The van der Waals surface area contributed by atoms with Crippen molar-refractivity contribution in [3.8, 4) is 0 Å². The summed E-state index contributed by atoms with van der Waals surface area (Å²) < 4.78 is 0. The van der Waals surface area contributed by atoms with Crippen molar-refractivity contribution >= 4 is 5.91 Å². The fourth-order valence-electron chi connectivity index (χ4n) is 1.50. The maximum absolute atomic E-state index is 11.5. The maximum Gasteiger partial charge on any atom is 0.252 e. The van der Waals surface area contributed by atoms with Gasteiger partial charge in [-0.25, -0.2) is 0 Å². The van der Waals surface area contributed by atoms with Gasteiger partial charge in [-0.1, -0.05) is 6.92 Å². The van der Waals surface area contributed by atoms with Gasteiger partial charge in [-0.2, -0.15) is 0 Å². The lowest BCUT2D eigenvalue weighted by Gasteiger charge is -2.03. The number of amides is 1. The first-order valence-electron chi connectivity index (χ1n) is 5.55. The van der Waals surface area contributed by atoms with Crippen LogP contribution in [0.1, 0.15) is 48.2 Å². The van der Waals surface area contributed by atoms with Crippen LogP contribution in [0.3, 0.4) is 0 Å². The van der Waals surface area contributed by atoms with Crippen LogP contribution in [0.25, 0.3) is 0 Å². The third-order valence-corrected chi connectivity index (χ3v) is 2.58. The molecule has 0 radical (unpaired) electrons. The van der Waals surface area contributed by atoms with Crippen LogP contribution in [0, 0.1) is 0 Å². The van der Waals surface area contributed by atoms with Crippen molar-refractivity contribution in [3.05, 3.63) is 29.6 Å². The van der Waals surface area contributed by atoms with E-state index in [4.69, 9.17) is 0 Å². The van der Waals surface area contributed by atoms with E-state index in [0.29, 0.717) is 11.5 Å². The standard InChI is InChI=1S/C12H16N2O/c1-2-7-13-12(15)10-5-6-11(14-8-10)9-3-4-9/h5-6,8-9H,2-4,7H2,1H3,(H,13,15). The number of nitrogens with zero attached hydrogens (tertiary/aromatic N) is 1. The molecular formula is C12H16N2O. The molecule has 1 aliphatic carbocycles. The van der Waals surface area contributed by atoms with Crippen molar-refractivity contribution in [2.24, 2.45) is 0 Å². The van der Waals surface area contributed by atoms with Crippen molar-refractivity contribution in [1.82, 2.24) is 10.3 Å². The van der Waals surface area contributed by atoms with Crippen LogP contribution in [0.4, 0.5) is 0 Å². The average molecular weight is 204 g/mol. The van der Waals surface area contributed by atoms with Gasteiger partial charge in [-0.3, -0.25) is 9.78 Å². The summed E-state index contributed by atoms with van der Waals surface area (Å²) in [6.07, 6.45) is 5.13. The molecule has 0 aliphatic heterocycles. The fourth-order valence-corrected chi connectivity index (χ4v) is 1.50. The summed E-state index contributed by atoms with van der Waals surface area (Å²) in [4.78, 5) is 15.9. The number of carbonyl (C=O) groups excluding carboxylic acids is 1. The lowest BCUT2D eigenvalue weighted by Crippen LogP contribution is -2.24. The fraction of sp³-hybridized carbons (Fsp3) is 0.500. The molecule has 1 aromatic rings. The van der Waals surface area contributed by atoms with Crippen LogP contribution in [0.2, 0.25) is 0 Å². The number of rotatable bonds is 4. The van der Waals surface area contributed by atoms with Gasteiger partial charge in [0.15, 0.2) is 0 Å². The van der Waals surface area contributed by atoms with Gasteiger partial charge in [0.05, 0.1) is 5.56 Å². The molecule has 1 amide bonds. The van der Waals surface area contributed by atoms with E-state index in [1.807, 2.05) is 19.1 Å². The smallest absolute Gasteiger partial charge is 0.252 e. The van der Waals surface area contributed by atoms with Crippen molar-refractivity contribution in [3.63, 3.8) is 0 Å². The highest BCUT2D eigenvalue weighted by atomic mass is 16.1. The second-order valence-corrected chi connectivity index (χ2v) is 4.00. The van der Waals surface area contributed by atoms with Gasteiger partial charge >= 0.3 is 0 Å². The Bertz CT molecular complexity index is 341. The summed E-state index contributed by atoms with van der Waals surface area (Å²) in [6, 6.07) is 3.84. The predicted octanol–water partition coefficient (Wildman–Crippen LogP) is 2.10. The highest BCUT2D eigenvalue weighted by Crippen LogP contribution is 2.38. The van der Waals surface area contributed by atoms with Gasteiger partial charge in [0.25, 0.3) is 5.91 Å². The first-order chi connectivity index (χ1) is 7.31. The zero-order valence-corrected chi connectivity index (χ0v) is 8.99. The zero-order valence-electron chi connectivity index (χ0n) is 8.99. The van der Waals surface area contributed by atoms with Gasteiger partial charge in [-0.15, -0.1) is 0 Å². The summed E-state index contributed by atoms with van der Waals surface area (Å²) in [7, 11) is 0. The van der Waals surface area contributed by atoms with Crippen molar-refractivity contribution in [2.75, 3.05) is 6.54 Å². The van der Waals surface area contributed by atoms with Gasteiger partial charge in [0, 0.05) is 24.4 Å². The molecule has 0 atom stereocenters. The minimum atomic E-state index is -0.0216. The van der Waals surface area contributed by atoms with Crippen LogP contribution in [0.5, 0.6) is 0 Å². The Morgan fingerprint density at radius 2 is 2.33 bits per heavy atom. The molecule has 3 nitrogen and oxygen atoms in total. The summed E-state index contributed by atoms with van der Waals surface area (Å²) in [5, 5.41) is 2.83. The number of pyridine rings is 1. The Hall–Kier alpha value is -1.38. The van der Waals surface area contributed by atoms with E-state index in [2.05, 4.69) is 10.3 Å². The third-order valence-electron chi connectivity index (χ3n) is 2.58. The average Bonchev–Trinajstić information content (AvgIpc) is 3.10. The molecule has 1 fully saturated rings. The Morgan fingerprint density at radius 3 is 2.87 bits per heavy atom. The summed E-state index contributed by atoms with van der Waals surface area (Å²) >= 11 is 0. The summed E-state index contributed by atoms with van der Waals surface area (Å²) in [5.74, 6) is 0.629. The number of hydrogen-bond donors (Lipinski definition) is 1. The van der Waals surface area contributed by atoms with Crippen molar-refractivity contribution in [1.29, 1.82) is 0 Å². The molecule has 1 N–H and O–H groups in total. The Morgan fingerprint density at radius 1 is 1.53 bits per heavy atom. The van der Waals surface area contributed by atoms with E-state index >= 15 is 0 Å². The third kappa shape index (κ3) is 2.55. The van der Waals surface area contributed by atoms with E-state index < -0.39 is 0 Å². The Kier molecular flexibility index (Phi) is 2.99. The van der Waals surface area contributed by atoms with E-state index in [9.17, 15) is 4.79 Å². The molecule has 0 unspecified atom stereocenters. The molecule has 15 heavy (non-hydrogen) atoms. The minimum absolute atomic E-state index is 0.0216. The lowest BCUT2D eigenvalue weighted by atomic mass is 10.2. The largest absolute Gasteiger partial charge is 0.352 e. The summed E-state index contributed by atoms with van der Waals surface area (Å²) in [6.45, 7) is 2.76. The molecular weight excluding hydrogens is 188 g/mol. The summed E-state index contributed by atoms with van der Waals surface area (Å²) in [5.41, 5.74) is 1.79. The molecule has 0 bridgehead atoms. The quantitative estimate of drug-likeness (QED) is 0.816. The van der Waals surface area contributed by atoms with Crippen molar-refractivity contribution in [2.45, 2.75) is 32.1 Å². The van der Waals surface area contributed by atoms with Gasteiger partial charge < -0.3 is 5.32 Å². The number of aromatic nitrogens is 1. The molecule has 2 rings (SSSR count). The second kappa shape index (κ2) is 4.43. The Balaban J connectivity index is 1.99. The molecule has 1 heterocycles. The maximum atomic E-state index is 11.5. The normalized spacial score (nSPS) is 15.0. The van der Waals surface area contributed by atoms with Crippen LogP contribution >= 0.6 is 0 Å². The molecule has 3 heteroatoms. The number of hydrogen-bond acceptors (Lipinski definition) is 2. The molecule has 0 spiro atoms. The highest BCUT2D eigenvalue weighted by Gasteiger charge is 2.24. The highest BCUT2D eigenvalue weighted by molar-refractivity contribution is 5.93. The Labute approximate surface area is 89.9 Å². The van der Waals surface area contributed by atoms with E-state index in [1.54, 1.807) is 6.20 Å². The van der Waals surface area contributed by atoms with Gasteiger partial charge in [0.1, 0.15) is 0 Å². The molecule has 1 saturated carbocycles. The SMILES string of the molecule is CCCNC(=O)c1ccc(C2CC2)nc1. The van der Waals surface area contributed by atoms with Gasteiger partial charge in [0.2, 0.25) is 0 Å². The second-order valence-electron chi connectivity index (χ2n) is 4.00. The number of carbonyl (C=O) groups is 1. The van der Waals surface area contributed by atoms with Crippen LogP contribution in [-0.2, 0) is 0 Å². The van der Waals surface area contributed by atoms with Crippen LogP contribution < -0.4 is 5.32 Å². The van der Waals surface area contributed by atoms with Crippen LogP contribution in [0.15, 0.2) is 18.3 Å². The molecule has 80 valence electrons. The van der Waals surface area contributed by atoms with Gasteiger partial charge in [-0.05, 0) is 31.4 Å². The lowest BCUT2D eigenvalue weighted by molar-refractivity contribution is 0.0953. The topological polar surface area (TPSA) is 42.0 Å². The van der Waals surface area contributed by atoms with E-state index in [0.717, 1.165) is 18.7 Å². The van der Waals surface area contributed by atoms with E-state index in [-0.39, 0.29) is 5.91 Å². The van der Waals surface area contributed by atoms with Crippen LogP contribution in [-0.4, -0.2) is 17.4 Å². The first kappa shape index (κ1) is 10.1. The predicted molar refractivity (Wildman–Crippen MR) is 58.8 cm³/mol. The molecule has 1 aliphatic rings. The van der Waals surface area contributed by atoms with Crippen molar-refractivity contribution < 1.29 is 4.79 Å².